The van der Waals surface area contributed by atoms with Gasteiger partial charge in [0.25, 0.3) is 11.8 Å². The standard InChI is InChI=1S/C15H12N2O2/c1-2-10-5-3-4-6-13(10)17-14(18)11-7-8-16-9-12(11)15(17)19/h3-9H,2H2,1H3. The van der Waals surface area contributed by atoms with Crippen LogP contribution in [0.2, 0.25) is 0 Å². The van der Waals surface area contributed by atoms with E-state index in [0.717, 1.165) is 12.0 Å². The van der Waals surface area contributed by atoms with Crippen LogP contribution in [-0.2, 0) is 6.42 Å². The number of rotatable bonds is 2. The van der Waals surface area contributed by atoms with Crippen molar-refractivity contribution in [3.63, 3.8) is 0 Å². The first-order valence-electron chi connectivity index (χ1n) is 6.14. The molecule has 1 aliphatic heterocycles. The lowest BCUT2D eigenvalue weighted by Gasteiger charge is -2.17. The summed E-state index contributed by atoms with van der Waals surface area (Å²) in [6.45, 7) is 2.00. The number of fused-ring (bicyclic) bond motifs is 1. The normalized spacial score (nSPS) is 13.8. The fourth-order valence-electron chi connectivity index (χ4n) is 2.33. The molecule has 0 N–H and O–H groups in total. The molecule has 1 aromatic heterocycles. The minimum atomic E-state index is -0.297. The van der Waals surface area contributed by atoms with E-state index in [2.05, 4.69) is 4.98 Å². The van der Waals surface area contributed by atoms with Crippen LogP contribution in [0.4, 0.5) is 5.69 Å². The van der Waals surface area contributed by atoms with Crippen molar-refractivity contribution < 1.29 is 9.59 Å². The highest BCUT2D eigenvalue weighted by atomic mass is 16.2. The first kappa shape index (κ1) is 11.6. The van der Waals surface area contributed by atoms with Gasteiger partial charge in [0.1, 0.15) is 0 Å². The molecule has 3 rings (SSSR count). The number of anilines is 1. The molecule has 1 aliphatic rings. The fourth-order valence-corrected chi connectivity index (χ4v) is 2.33. The van der Waals surface area contributed by atoms with Crippen molar-refractivity contribution >= 4 is 17.5 Å². The van der Waals surface area contributed by atoms with Crippen molar-refractivity contribution in [1.29, 1.82) is 0 Å². The summed E-state index contributed by atoms with van der Waals surface area (Å²) in [5.74, 6) is -0.572. The van der Waals surface area contributed by atoms with E-state index in [-0.39, 0.29) is 11.8 Å². The van der Waals surface area contributed by atoms with Crippen molar-refractivity contribution in [3.05, 3.63) is 59.4 Å². The molecule has 1 aromatic carbocycles. The first-order chi connectivity index (χ1) is 9.24. The van der Waals surface area contributed by atoms with E-state index in [4.69, 9.17) is 0 Å². The molecule has 0 atom stereocenters. The van der Waals surface area contributed by atoms with Crippen LogP contribution in [0.3, 0.4) is 0 Å². The number of hydrogen-bond acceptors (Lipinski definition) is 3. The zero-order chi connectivity index (χ0) is 13.4. The van der Waals surface area contributed by atoms with E-state index in [1.54, 1.807) is 12.1 Å². The molecule has 2 heterocycles. The molecule has 0 fully saturated rings. The summed E-state index contributed by atoms with van der Waals surface area (Å²) in [6.07, 6.45) is 3.74. The second kappa shape index (κ2) is 4.31. The molecule has 0 radical (unpaired) electrons. The number of carbonyl (C=O) groups is 2. The lowest BCUT2D eigenvalue weighted by molar-refractivity contribution is 0.0926. The third kappa shape index (κ3) is 1.64. The summed E-state index contributed by atoms with van der Waals surface area (Å²) < 4.78 is 0. The molecule has 19 heavy (non-hydrogen) atoms. The van der Waals surface area contributed by atoms with Gasteiger partial charge in [0.05, 0.1) is 16.8 Å². The number of benzene rings is 1. The van der Waals surface area contributed by atoms with E-state index >= 15 is 0 Å². The molecule has 2 amide bonds. The van der Waals surface area contributed by atoms with Gasteiger partial charge in [-0.1, -0.05) is 25.1 Å². The number of aromatic nitrogens is 1. The lowest BCUT2D eigenvalue weighted by Crippen LogP contribution is -2.30. The summed E-state index contributed by atoms with van der Waals surface area (Å²) in [5, 5.41) is 0. The molecule has 0 aliphatic carbocycles. The average molecular weight is 252 g/mol. The highest BCUT2D eigenvalue weighted by Crippen LogP contribution is 2.30. The third-order valence-corrected chi connectivity index (χ3v) is 3.30. The molecule has 94 valence electrons. The number of pyridine rings is 1. The number of aryl methyl sites for hydroxylation is 1. The Hall–Kier alpha value is -2.49. The van der Waals surface area contributed by atoms with Crippen molar-refractivity contribution in [2.45, 2.75) is 13.3 Å². The molecular formula is C15H12N2O2. The summed E-state index contributed by atoms with van der Waals surface area (Å²) >= 11 is 0. The van der Waals surface area contributed by atoms with Gasteiger partial charge in [0, 0.05) is 12.4 Å². The Balaban J connectivity index is 2.14. The SMILES string of the molecule is CCc1ccccc1N1C(=O)c2ccncc2C1=O. The minimum absolute atomic E-state index is 0.275. The predicted molar refractivity (Wildman–Crippen MR) is 71.2 cm³/mol. The van der Waals surface area contributed by atoms with Gasteiger partial charge in [-0.25, -0.2) is 4.90 Å². The maximum Gasteiger partial charge on any atom is 0.267 e. The predicted octanol–water partition coefficient (Wildman–Crippen LogP) is 2.44. The van der Waals surface area contributed by atoms with Gasteiger partial charge < -0.3 is 0 Å². The topological polar surface area (TPSA) is 50.3 Å². The van der Waals surface area contributed by atoms with Crippen molar-refractivity contribution in [1.82, 2.24) is 4.98 Å². The Morgan fingerprint density at radius 3 is 2.53 bits per heavy atom. The molecule has 4 nitrogen and oxygen atoms in total. The Morgan fingerprint density at radius 2 is 1.79 bits per heavy atom. The van der Waals surface area contributed by atoms with Gasteiger partial charge in [-0.3, -0.25) is 14.6 Å². The van der Waals surface area contributed by atoms with Crippen molar-refractivity contribution in [2.75, 3.05) is 4.90 Å². The number of carbonyl (C=O) groups excluding carboxylic acids is 2. The van der Waals surface area contributed by atoms with E-state index in [9.17, 15) is 9.59 Å². The van der Waals surface area contributed by atoms with Crippen LogP contribution in [0.15, 0.2) is 42.7 Å². The Morgan fingerprint density at radius 1 is 1.05 bits per heavy atom. The molecule has 0 saturated carbocycles. The van der Waals surface area contributed by atoms with Gasteiger partial charge in [0.2, 0.25) is 0 Å². The van der Waals surface area contributed by atoms with Crippen LogP contribution >= 0.6 is 0 Å². The van der Waals surface area contributed by atoms with E-state index in [1.165, 1.54) is 17.3 Å². The average Bonchev–Trinajstić information content (AvgIpc) is 2.71. The summed E-state index contributed by atoms with van der Waals surface area (Å²) in [6, 6.07) is 9.05. The van der Waals surface area contributed by atoms with Gasteiger partial charge in [-0.2, -0.15) is 0 Å². The van der Waals surface area contributed by atoms with Gasteiger partial charge in [0.15, 0.2) is 0 Å². The maximum atomic E-state index is 12.4. The monoisotopic (exact) mass is 252 g/mol. The number of imide groups is 1. The Labute approximate surface area is 110 Å². The van der Waals surface area contributed by atoms with E-state index < -0.39 is 0 Å². The molecule has 0 spiro atoms. The summed E-state index contributed by atoms with van der Waals surface area (Å²) in [4.78, 5) is 29.8. The van der Waals surface area contributed by atoms with Crippen LogP contribution in [0, 0.1) is 0 Å². The van der Waals surface area contributed by atoms with Crippen LogP contribution in [0.25, 0.3) is 0 Å². The van der Waals surface area contributed by atoms with E-state index in [1.807, 2.05) is 25.1 Å². The fraction of sp³-hybridized carbons (Fsp3) is 0.133. The highest BCUT2D eigenvalue weighted by molar-refractivity contribution is 6.34. The summed E-state index contributed by atoms with van der Waals surface area (Å²) in [5.41, 5.74) is 2.44. The summed E-state index contributed by atoms with van der Waals surface area (Å²) in [7, 11) is 0. The number of nitrogens with zero attached hydrogens (tertiary/aromatic N) is 2. The molecular weight excluding hydrogens is 240 g/mol. The van der Waals surface area contributed by atoms with Crippen LogP contribution in [-0.4, -0.2) is 16.8 Å². The maximum absolute atomic E-state index is 12.4. The van der Waals surface area contributed by atoms with Crippen LogP contribution < -0.4 is 4.90 Å². The highest BCUT2D eigenvalue weighted by Gasteiger charge is 2.37. The lowest BCUT2D eigenvalue weighted by atomic mass is 10.1. The van der Waals surface area contributed by atoms with E-state index in [0.29, 0.717) is 16.8 Å². The number of para-hydroxylation sites is 1. The van der Waals surface area contributed by atoms with Crippen LogP contribution in [0.5, 0.6) is 0 Å². The molecule has 4 heteroatoms. The Kier molecular flexibility index (Phi) is 2.63. The minimum Gasteiger partial charge on any atom is -0.268 e. The van der Waals surface area contributed by atoms with Gasteiger partial charge in [-0.05, 0) is 24.1 Å². The molecule has 0 saturated heterocycles. The second-order valence-electron chi connectivity index (χ2n) is 4.35. The van der Waals surface area contributed by atoms with Crippen molar-refractivity contribution in [2.24, 2.45) is 0 Å². The number of hydrogen-bond donors (Lipinski definition) is 0. The second-order valence-corrected chi connectivity index (χ2v) is 4.35. The smallest absolute Gasteiger partial charge is 0.267 e. The van der Waals surface area contributed by atoms with Crippen LogP contribution in [0.1, 0.15) is 33.2 Å². The Bertz CT molecular complexity index is 644. The third-order valence-electron chi connectivity index (χ3n) is 3.30. The van der Waals surface area contributed by atoms with Crippen molar-refractivity contribution in [3.8, 4) is 0 Å². The van der Waals surface area contributed by atoms with Gasteiger partial charge >= 0.3 is 0 Å². The van der Waals surface area contributed by atoms with Gasteiger partial charge in [-0.15, -0.1) is 0 Å². The zero-order valence-electron chi connectivity index (χ0n) is 10.5. The number of amides is 2. The molecule has 0 unspecified atom stereocenters. The molecule has 0 bridgehead atoms. The molecule has 2 aromatic rings. The largest absolute Gasteiger partial charge is 0.268 e. The zero-order valence-corrected chi connectivity index (χ0v) is 10.5. The first-order valence-corrected chi connectivity index (χ1v) is 6.14. The quantitative estimate of drug-likeness (QED) is 0.771.